The molecule has 0 atom stereocenters. The Hall–Kier alpha value is -2.76. The van der Waals surface area contributed by atoms with E-state index >= 15 is 0 Å². The Labute approximate surface area is 114 Å². The van der Waals surface area contributed by atoms with Gasteiger partial charge in [-0.3, -0.25) is 9.78 Å². The monoisotopic (exact) mass is 274 g/mol. The smallest absolute Gasteiger partial charge is 0.337 e. The van der Waals surface area contributed by atoms with E-state index in [0.29, 0.717) is 0 Å². The second-order valence-electron chi connectivity index (χ2n) is 4.20. The number of benzene rings is 1. The fourth-order valence-corrected chi connectivity index (χ4v) is 1.67. The summed E-state index contributed by atoms with van der Waals surface area (Å²) in [6, 6.07) is 5.63. The lowest BCUT2D eigenvalue weighted by Gasteiger charge is -2.09. The third-order valence-electron chi connectivity index (χ3n) is 2.62. The molecule has 0 aliphatic carbocycles. The van der Waals surface area contributed by atoms with E-state index in [1.165, 1.54) is 18.3 Å². The van der Waals surface area contributed by atoms with E-state index in [4.69, 9.17) is 5.11 Å². The van der Waals surface area contributed by atoms with Crippen molar-refractivity contribution in [3.63, 3.8) is 0 Å². The Morgan fingerprint density at radius 3 is 2.65 bits per heavy atom. The van der Waals surface area contributed by atoms with Gasteiger partial charge in [-0.2, -0.15) is 0 Å². The minimum Gasteiger partial charge on any atom is -0.478 e. The molecular weight excluding hydrogens is 263 g/mol. The fraction of sp³-hybridized carbons (Fsp3) is 0.0714. The van der Waals surface area contributed by atoms with Crippen LogP contribution in [0.1, 0.15) is 26.3 Å². The first-order valence-electron chi connectivity index (χ1n) is 5.73. The topological polar surface area (TPSA) is 79.3 Å². The Morgan fingerprint density at radius 2 is 2.00 bits per heavy atom. The van der Waals surface area contributed by atoms with Gasteiger partial charge >= 0.3 is 5.97 Å². The van der Waals surface area contributed by atoms with Crippen LogP contribution in [0.3, 0.4) is 0 Å². The number of carbonyl (C=O) groups excluding carboxylic acids is 1. The van der Waals surface area contributed by atoms with Crippen LogP contribution in [0.4, 0.5) is 10.1 Å². The summed E-state index contributed by atoms with van der Waals surface area (Å²) >= 11 is 0. The number of hydrogen-bond donors (Lipinski definition) is 2. The van der Waals surface area contributed by atoms with Crippen LogP contribution in [0.25, 0.3) is 0 Å². The van der Waals surface area contributed by atoms with E-state index in [0.717, 1.165) is 17.8 Å². The molecule has 0 saturated heterocycles. The van der Waals surface area contributed by atoms with Gasteiger partial charge in [0.2, 0.25) is 0 Å². The number of carboxylic acids is 1. The summed E-state index contributed by atoms with van der Waals surface area (Å²) in [5, 5.41) is 11.5. The lowest BCUT2D eigenvalue weighted by Crippen LogP contribution is -2.15. The van der Waals surface area contributed by atoms with Crippen molar-refractivity contribution in [2.24, 2.45) is 0 Å². The number of hydrogen-bond acceptors (Lipinski definition) is 3. The number of carbonyl (C=O) groups is 2. The lowest BCUT2D eigenvalue weighted by atomic mass is 10.1. The van der Waals surface area contributed by atoms with Gasteiger partial charge in [0.05, 0.1) is 23.0 Å². The molecule has 0 aliphatic rings. The highest BCUT2D eigenvalue weighted by Gasteiger charge is 2.14. The molecule has 0 fully saturated rings. The second kappa shape index (κ2) is 5.48. The van der Waals surface area contributed by atoms with E-state index in [1.807, 2.05) is 0 Å². The molecule has 1 aromatic heterocycles. The average Bonchev–Trinajstić information content (AvgIpc) is 2.40. The lowest BCUT2D eigenvalue weighted by molar-refractivity contribution is 0.0698. The zero-order valence-electron chi connectivity index (χ0n) is 10.6. The van der Waals surface area contributed by atoms with Crippen LogP contribution in [0.2, 0.25) is 0 Å². The number of anilines is 1. The van der Waals surface area contributed by atoms with Gasteiger partial charge in [0.1, 0.15) is 5.82 Å². The molecule has 102 valence electrons. The predicted octanol–water partition coefficient (Wildman–Crippen LogP) is 2.48. The molecule has 2 N–H and O–H groups in total. The Balaban J connectivity index is 2.30. The molecule has 2 rings (SSSR count). The number of pyridine rings is 1. The third-order valence-corrected chi connectivity index (χ3v) is 2.62. The third kappa shape index (κ3) is 2.97. The van der Waals surface area contributed by atoms with E-state index < -0.39 is 17.7 Å². The van der Waals surface area contributed by atoms with Crippen LogP contribution in [-0.4, -0.2) is 22.0 Å². The summed E-state index contributed by atoms with van der Waals surface area (Å²) in [7, 11) is 0. The maximum Gasteiger partial charge on any atom is 0.337 e. The number of aromatic carboxylic acids is 1. The van der Waals surface area contributed by atoms with Crippen LogP contribution in [0.15, 0.2) is 36.7 Å². The Bertz CT molecular complexity index is 686. The summed E-state index contributed by atoms with van der Waals surface area (Å²) in [5.74, 6) is -2.41. The van der Waals surface area contributed by atoms with Crippen LogP contribution in [0.5, 0.6) is 0 Å². The van der Waals surface area contributed by atoms with Crippen molar-refractivity contribution in [1.29, 1.82) is 0 Å². The first-order valence-corrected chi connectivity index (χ1v) is 5.73. The molecule has 5 nitrogen and oxygen atoms in total. The van der Waals surface area contributed by atoms with Crippen molar-refractivity contribution in [2.75, 3.05) is 5.32 Å². The average molecular weight is 274 g/mol. The minimum atomic E-state index is -1.15. The van der Waals surface area contributed by atoms with Gasteiger partial charge in [-0.1, -0.05) is 11.6 Å². The highest BCUT2D eigenvalue weighted by Crippen LogP contribution is 2.18. The number of nitrogens with zero attached hydrogens (tertiary/aromatic N) is 1. The molecule has 0 saturated carbocycles. The fourth-order valence-electron chi connectivity index (χ4n) is 1.67. The first kappa shape index (κ1) is 13.7. The number of amides is 1. The van der Waals surface area contributed by atoms with Gasteiger partial charge in [-0.05, 0) is 25.1 Å². The van der Waals surface area contributed by atoms with Crippen LogP contribution >= 0.6 is 0 Å². The van der Waals surface area contributed by atoms with Crippen LogP contribution in [-0.2, 0) is 0 Å². The van der Waals surface area contributed by atoms with Crippen LogP contribution in [0, 0.1) is 12.7 Å². The van der Waals surface area contributed by atoms with E-state index in [9.17, 15) is 14.0 Å². The van der Waals surface area contributed by atoms with E-state index in [-0.39, 0.29) is 16.8 Å². The molecule has 0 radical (unpaired) electrons. The van der Waals surface area contributed by atoms with E-state index in [2.05, 4.69) is 10.3 Å². The number of aromatic nitrogens is 1. The summed E-state index contributed by atoms with van der Waals surface area (Å²) in [6.45, 7) is 1.74. The quantitative estimate of drug-likeness (QED) is 0.901. The molecular formula is C14H11FN2O3. The second-order valence-corrected chi connectivity index (χ2v) is 4.20. The summed E-state index contributed by atoms with van der Waals surface area (Å²) in [4.78, 5) is 26.6. The van der Waals surface area contributed by atoms with Crippen molar-refractivity contribution < 1.29 is 19.1 Å². The molecule has 2 aromatic rings. The molecule has 0 unspecified atom stereocenters. The SMILES string of the molecule is Cc1ccc(NC(=O)c2cncc(F)c2)c(C(=O)O)c1. The number of rotatable bonds is 3. The van der Waals surface area contributed by atoms with Gasteiger partial charge < -0.3 is 10.4 Å². The van der Waals surface area contributed by atoms with Gasteiger partial charge in [0.25, 0.3) is 5.91 Å². The summed E-state index contributed by atoms with van der Waals surface area (Å²) in [5.41, 5.74) is 0.898. The number of carboxylic acid groups (broad SMARTS) is 1. The molecule has 0 aliphatic heterocycles. The van der Waals surface area contributed by atoms with Crippen molar-refractivity contribution in [2.45, 2.75) is 6.92 Å². The predicted molar refractivity (Wildman–Crippen MR) is 70.3 cm³/mol. The Morgan fingerprint density at radius 1 is 1.25 bits per heavy atom. The molecule has 1 amide bonds. The van der Waals surface area contributed by atoms with Gasteiger partial charge in [-0.15, -0.1) is 0 Å². The molecule has 0 bridgehead atoms. The zero-order valence-corrected chi connectivity index (χ0v) is 10.6. The molecule has 0 spiro atoms. The van der Waals surface area contributed by atoms with Crippen LogP contribution < -0.4 is 5.32 Å². The summed E-state index contributed by atoms with van der Waals surface area (Å²) < 4.78 is 13.0. The first-order chi connectivity index (χ1) is 9.47. The summed E-state index contributed by atoms with van der Waals surface area (Å²) in [6.07, 6.45) is 2.18. The maximum absolute atomic E-state index is 13.0. The molecule has 6 heteroatoms. The van der Waals surface area contributed by atoms with E-state index in [1.54, 1.807) is 13.0 Å². The maximum atomic E-state index is 13.0. The normalized spacial score (nSPS) is 10.1. The van der Waals surface area contributed by atoms with Gasteiger partial charge in [0.15, 0.2) is 0 Å². The molecule has 1 heterocycles. The molecule has 20 heavy (non-hydrogen) atoms. The van der Waals surface area contributed by atoms with Crippen molar-refractivity contribution >= 4 is 17.6 Å². The minimum absolute atomic E-state index is 0.0157. The van der Waals surface area contributed by atoms with Gasteiger partial charge in [0, 0.05) is 6.20 Å². The number of halogens is 1. The van der Waals surface area contributed by atoms with Gasteiger partial charge in [-0.25, -0.2) is 9.18 Å². The highest BCUT2D eigenvalue weighted by molar-refractivity contribution is 6.07. The van der Waals surface area contributed by atoms with Crippen molar-refractivity contribution in [3.05, 3.63) is 59.2 Å². The largest absolute Gasteiger partial charge is 0.478 e. The van der Waals surface area contributed by atoms with Crippen molar-refractivity contribution in [3.8, 4) is 0 Å². The highest BCUT2D eigenvalue weighted by atomic mass is 19.1. The number of aryl methyl sites for hydroxylation is 1. The molecule has 1 aromatic carbocycles. The standard InChI is InChI=1S/C14H11FN2O3/c1-8-2-3-12(11(4-8)14(19)20)17-13(18)9-5-10(15)7-16-6-9/h2-7H,1H3,(H,17,18)(H,19,20). The Kier molecular flexibility index (Phi) is 3.74. The zero-order chi connectivity index (χ0) is 14.7. The van der Waals surface area contributed by atoms with Crippen molar-refractivity contribution in [1.82, 2.24) is 4.98 Å². The number of nitrogens with one attached hydrogen (secondary N) is 1.